The van der Waals surface area contributed by atoms with Crippen LogP contribution >= 0.6 is 11.8 Å². The Morgan fingerprint density at radius 3 is 2.79 bits per heavy atom. The molecule has 0 N–H and O–H groups in total. The Balaban J connectivity index is 1.60. The van der Waals surface area contributed by atoms with Crippen molar-refractivity contribution >= 4 is 11.8 Å². The Kier molecular flexibility index (Phi) is 4.58. The van der Waals surface area contributed by atoms with Crippen molar-refractivity contribution in [3.8, 4) is 6.07 Å². The number of aryl methyl sites for hydroxylation is 2. The number of thioether (sulfide) groups is 1. The molecule has 2 aromatic rings. The van der Waals surface area contributed by atoms with E-state index in [-0.39, 0.29) is 0 Å². The van der Waals surface area contributed by atoms with Crippen molar-refractivity contribution in [2.75, 3.05) is 0 Å². The van der Waals surface area contributed by atoms with Gasteiger partial charge in [-0.1, -0.05) is 54.9 Å². The molecule has 0 saturated heterocycles. The fourth-order valence-electron chi connectivity index (χ4n) is 3.51. The molecular weight excluding hydrogens is 312 g/mol. The Morgan fingerprint density at radius 1 is 1.21 bits per heavy atom. The van der Waals surface area contributed by atoms with Gasteiger partial charge in [-0.15, -0.1) is 0 Å². The zero-order chi connectivity index (χ0) is 16.4. The summed E-state index contributed by atoms with van der Waals surface area (Å²) in [6.45, 7) is 0. The third kappa shape index (κ3) is 3.49. The molecule has 2 aliphatic rings. The van der Waals surface area contributed by atoms with E-state index in [1.54, 1.807) is 11.8 Å². The molecule has 1 fully saturated rings. The SMILES string of the molecule is N#Cc1cc2c(nc1SC(CCC1CC1)c1ccccc1)CCC2. The van der Waals surface area contributed by atoms with Crippen molar-refractivity contribution < 1.29 is 0 Å². The molecule has 1 unspecified atom stereocenters. The lowest BCUT2D eigenvalue weighted by Gasteiger charge is -2.18. The summed E-state index contributed by atoms with van der Waals surface area (Å²) in [6, 6.07) is 15.2. The summed E-state index contributed by atoms with van der Waals surface area (Å²) in [5.74, 6) is 0.931. The van der Waals surface area contributed by atoms with E-state index in [4.69, 9.17) is 4.98 Å². The topological polar surface area (TPSA) is 36.7 Å². The van der Waals surface area contributed by atoms with Crippen molar-refractivity contribution in [2.24, 2.45) is 5.92 Å². The van der Waals surface area contributed by atoms with Crippen LogP contribution in [0.25, 0.3) is 0 Å². The summed E-state index contributed by atoms with van der Waals surface area (Å²) in [6.07, 6.45) is 8.56. The summed E-state index contributed by atoms with van der Waals surface area (Å²) in [5, 5.41) is 10.9. The molecule has 0 spiro atoms. The van der Waals surface area contributed by atoms with Crippen LogP contribution in [0.3, 0.4) is 0 Å². The van der Waals surface area contributed by atoms with E-state index in [0.717, 1.165) is 29.3 Å². The van der Waals surface area contributed by atoms with Crippen LogP contribution in [0.1, 0.15) is 59.7 Å². The van der Waals surface area contributed by atoms with Gasteiger partial charge in [0.25, 0.3) is 0 Å². The average Bonchev–Trinajstić information content (AvgIpc) is 3.34. The van der Waals surface area contributed by atoms with Gasteiger partial charge < -0.3 is 0 Å². The van der Waals surface area contributed by atoms with Gasteiger partial charge in [0.2, 0.25) is 0 Å². The second-order valence-corrected chi connectivity index (χ2v) is 8.14. The number of nitrogens with zero attached hydrogens (tertiary/aromatic N) is 2. The van der Waals surface area contributed by atoms with Crippen molar-refractivity contribution in [3.63, 3.8) is 0 Å². The Labute approximate surface area is 148 Å². The van der Waals surface area contributed by atoms with Crippen molar-refractivity contribution in [3.05, 3.63) is 58.8 Å². The first-order valence-electron chi connectivity index (χ1n) is 8.98. The summed E-state index contributed by atoms with van der Waals surface area (Å²) < 4.78 is 0. The number of fused-ring (bicyclic) bond motifs is 1. The minimum atomic E-state index is 0.394. The molecule has 1 heterocycles. The molecule has 122 valence electrons. The van der Waals surface area contributed by atoms with E-state index in [9.17, 15) is 5.26 Å². The largest absolute Gasteiger partial charge is 0.245 e. The number of aromatic nitrogens is 1. The lowest BCUT2D eigenvalue weighted by atomic mass is 10.1. The van der Waals surface area contributed by atoms with E-state index in [0.29, 0.717) is 5.25 Å². The molecule has 4 rings (SSSR count). The number of hydrogen-bond donors (Lipinski definition) is 0. The van der Waals surface area contributed by atoms with Gasteiger partial charge in [-0.25, -0.2) is 4.98 Å². The van der Waals surface area contributed by atoms with Crippen LogP contribution in [0, 0.1) is 17.2 Å². The minimum Gasteiger partial charge on any atom is -0.245 e. The quantitative estimate of drug-likeness (QED) is 0.658. The number of nitriles is 1. The predicted molar refractivity (Wildman–Crippen MR) is 98.0 cm³/mol. The van der Waals surface area contributed by atoms with Gasteiger partial charge >= 0.3 is 0 Å². The van der Waals surface area contributed by atoms with Gasteiger partial charge in [0, 0.05) is 10.9 Å². The second-order valence-electron chi connectivity index (χ2n) is 6.95. The maximum absolute atomic E-state index is 9.56. The number of rotatable bonds is 6. The van der Waals surface area contributed by atoms with E-state index in [2.05, 4.69) is 42.5 Å². The van der Waals surface area contributed by atoms with Gasteiger partial charge in [-0.2, -0.15) is 5.26 Å². The molecule has 2 aliphatic carbocycles. The summed E-state index contributed by atoms with van der Waals surface area (Å²) in [4.78, 5) is 4.87. The maximum atomic E-state index is 9.56. The Hall–Kier alpha value is -1.79. The molecule has 1 aromatic carbocycles. The summed E-state index contributed by atoms with van der Waals surface area (Å²) >= 11 is 1.80. The molecule has 3 heteroatoms. The van der Waals surface area contributed by atoms with Crippen molar-refractivity contribution in [1.29, 1.82) is 5.26 Å². The number of hydrogen-bond acceptors (Lipinski definition) is 3. The van der Waals surface area contributed by atoms with Crippen molar-refractivity contribution in [2.45, 2.75) is 55.2 Å². The Morgan fingerprint density at radius 2 is 2.04 bits per heavy atom. The van der Waals surface area contributed by atoms with Gasteiger partial charge in [0.15, 0.2) is 0 Å². The van der Waals surface area contributed by atoms with Crippen LogP contribution < -0.4 is 0 Å². The molecule has 24 heavy (non-hydrogen) atoms. The molecule has 0 amide bonds. The highest BCUT2D eigenvalue weighted by atomic mass is 32.2. The van der Waals surface area contributed by atoms with Gasteiger partial charge in [0.05, 0.1) is 5.56 Å². The lowest BCUT2D eigenvalue weighted by molar-refractivity contribution is 0.657. The molecule has 0 bridgehead atoms. The van der Waals surface area contributed by atoms with Gasteiger partial charge in [0.1, 0.15) is 11.1 Å². The molecular formula is C21H22N2S. The second kappa shape index (κ2) is 6.99. The van der Waals surface area contributed by atoms with E-state index < -0.39 is 0 Å². The zero-order valence-electron chi connectivity index (χ0n) is 13.9. The van der Waals surface area contributed by atoms with Crippen LogP contribution in [0.15, 0.2) is 41.4 Å². The first-order valence-corrected chi connectivity index (χ1v) is 9.86. The van der Waals surface area contributed by atoms with Crippen LogP contribution in [0.2, 0.25) is 0 Å². The smallest absolute Gasteiger partial charge is 0.115 e. The average molecular weight is 334 g/mol. The predicted octanol–water partition coefficient (Wildman–Crippen LogP) is 5.47. The highest BCUT2D eigenvalue weighted by Gasteiger charge is 2.25. The molecule has 0 radical (unpaired) electrons. The molecule has 1 aromatic heterocycles. The minimum absolute atomic E-state index is 0.394. The normalized spacial score (nSPS) is 17.3. The summed E-state index contributed by atoms with van der Waals surface area (Å²) in [5.41, 5.74) is 4.61. The van der Waals surface area contributed by atoms with Gasteiger partial charge in [-0.3, -0.25) is 0 Å². The number of pyridine rings is 1. The van der Waals surface area contributed by atoms with E-state index in [1.165, 1.54) is 48.9 Å². The first-order chi connectivity index (χ1) is 11.8. The van der Waals surface area contributed by atoms with Crippen LogP contribution in [0.5, 0.6) is 0 Å². The first kappa shape index (κ1) is 15.7. The Bertz CT molecular complexity index is 759. The summed E-state index contributed by atoms with van der Waals surface area (Å²) in [7, 11) is 0. The van der Waals surface area contributed by atoms with Crippen LogP contribution in [-0.4, -0.2) is 4.98 Å². The van der Waals surface area contributed by atoms with Crippen LogP contribution in [0.4, 0.5) is 0 Å². The van der Waals surface area contributed by atoms with E-state index in [1.807, 2.05) is 0 Å². The zero-order valence-corrected chi connectivity index (χ0v) is 14.7. The highest BCUT2D eigenvalue weighted by Crippen LogP contribution is 2.43. The highest BCUT2D eigenvalue weighted by molar-refractivity contribution is 7.99. The fourth-order valence-corrected chi connectivity index (χ4v) is 4.72. The number of benzene rings is 1. The van der Waals surface area contributed by atoms with E-state index >= 15 is 0 Å². The molecule has 1 saturated carbocycles. The lowest BCUT2D eigenvalue weighted by Crippen LogP contribution is -2.00. The van der Waals surface area contributed by atoms with Gasteiger partial charge in [-0.05, 0) is 55.2 Å². The molecule has 1 atom stereocenters. The standard InChI is InChI=1S/C21H22N2S/c22-14-18-13-17-7-4-8-19(17)23-21(18)24-20(12-11-15-9-10-15)16-5-2-1-3-6-16/h1-3,5-6,13,15,20H,4,7-12H2. The monoisotopic (exact) mass is 334 g/mol. The van der Waals surface area contributed by atoms with Crippen LogP contribution in [-0.2, 0) is 12.8 Å². The maximum Gasteiger partial charge on any atom is 0.115 e. The molecule has 0 aliphatic heterocycles. The molecule has 2 nitrogen and oxygen atoms in total. The van der Waals surface area contributed by atoms with Crippen molar-refractivity contribution in [1.82, 2.24) is 4.98 Å². The third-order valence-corrected chi connectivity index (χ3v) is 6.42. The third-order valence-electron chi connectivity index (χ3n) is 5.10. The fraction of sp³-hybridized carbons (Fsp3) is 0.429.